The summed E-state index contributed by atoms with van der Waals surface area (Å²) >= 11 is 5.98. The van der Waals surface area contributed by atoms with Crippen LogP contribution in [-0.2, 0) is 16.9 Å². The van der Waals surface area contributed by atoms with Gasteiger partial charge < -0.3 is 10.1 Å². The van der Waals surface area contributed by atoms with Gasteiger partial charge in [0.15, 0.2) is 11.6 Å². The van der Waals surface area contributed by atoms with Gasteiger partial charge in [0.05, 0.1) is 13.7 Å². The van der Waals surface area contributed by atoms with Crippen LogP contribution in [0.2, 0.25) is 5.02 Å². The van der Waals surface area contributed by atoms with E-state index in [9.17, 15) is 18.4 Å². The van der Waals surface area contributed by atoms with E-state index in [1.807, 2.05) is 0 Å². The van der Waals surface area contributed by atoms with Gasteiger partial charge in [0.1, 0.15) is 11.3 Å². The van der Waals surface area contributed by atoms with Crippen molar-refractivity contribution in [1.82, 2.24) is 10.2 Å². The summed E-state index contributed by atoms with van der Waals surface area (Å²) in [5, 5.41) is 2.97. The second-order valence-corrected chi connectivity index (χ2v) is 6.47. The number of imide groups is 1. The molecule has 136 valence electrons. The molecule has 0 aromatic heterocycles. The number of halogens is 3. The Morgan fingerprint density at radius 2 is 1.88 bits per heavy atom. The van der Waals surface area contributed by atoms with Crippen molar-refractivity contribution in [3.63, 3.8) is 0 Å². The Hall–Kier alpha value is -2.67. The number of nitrogens with one attached hydrogen (secondary N) is 1. The average Bonchev–Trinajstić information content (AvgIpc) is 2.82. The fraction of sp³-hybridized carbons (Fsp3) is 0.222. The molecule has 2 aromatic carbocycles. The molecule has 1 N–H and O–H groups in total. The van der Waals surface area contributed by atoms with Gasteiger partial charge >= 0.3 is 6.03 Å². The Bertz CT molecular complexity index is 906. The summed E-state index contributed by atoms with van der Waals surface area (Å²) in [6.45, 7) is 1.36. The lowest BCUT2D eigenvalue weighted by Gasteiger charge is -2.22. The van der Waals surface area contributed by atoms with Crippen LogP contribution >= 0.6 is 11.6 Å². The predicted octanol–water partition coefficient (Wildman–Crippen LogP) is 3.59. The molecule has 1 saturated heterocycles. The highest BCUT2D eigenvalue weighted by Crippen LogP contribution is 2.32. The van der Waals surface area contributed by atoms with E-state index in [2.05, 4.69) is 5.32 Å². The molecular formula is C18H15ClF2N2O3. The lowest BCUT2D eigenvalue weighted by atomic mass is 9.92. The normalized spacial score (nSPS) is 19.7. The molecule has 1 atom stereocenters. The summed E-state index contributed by atoms with van der Waals surface area (Å²) < 4.78 is 32.0. The van der Waals surface area contributed by atoms with E-state index in [4.69, 9.17) is 16.3 Å². The smallest absolute Gasteiger partial charge is 0.325 e. The van der Waals surface area contributed by atoms with E-state index in [-0.39, 0.29) is 12.1 Å². The molecule has 0 radical (unpaired) electrons. The second-order valence-electron chi connectivity index (χ2n) is 6.03. The zero-order valence-electron chi connectivity index (χ0n) is 14.0. The van der Waals surface area contributed by atoms with Gasteiger partial charge in [-0.2, -0.15) is 0 Å². The number of methoxy groups -OCH3 is 1. The fourth-order valence-electron chi connectivity index (χ4n) is 2.88. The number of nitrogens with zero attached hydrogens (tertiary/aromatic N) is 1. The number of amides is 3. The summed E-state index contributed by atoms with van der Waals surface area (Å²) in [6, 6.07) is 7.28. The molecule has 5 nitrogen and oxygen atoms in total. The molecule has 0 spiro atoms. The molecular weight excluding hydrogens is 366 g/mol. The lowest BCUT2D eigenvalue weighted by molar-refractivity contribution is -0.131. The van der Waals surface area contributed by atoms with Crippen LogP contribution < -0.4 is 10.1 Å². The SMILES string of the molecule is COc1ccc(Cl)cc1CN1C(=O)NC(C)(c2ccc(F)c(F)c2)C1=O. The van der Waals surface area contributed by atoms with Crippen molar-refractivity contribution in [3.8, 4) is 5.75 Å². The monoisotopic (exact) mass is 380 g/mol. The first-order valence-corrected chi connectivity index (χ1v) is 8.06. The van der Waals surface area contributed by atoms with E-state index in [1.165, 1.54) is 20.1 Å². The highest BCUT2D eigenvalue weighted by molar-refractivity contribution is 6.30. The van der Waals surface area contributed by atoms with Gasteiger partial charge in [-0.3, -0.25) is 9.69 Å². The van der Waals surface area contributed by atoms with Gasteiger partial charge in [-0.05, 0) is 42.8 Å². The molecule has 1 fully saturated rings. The number of carbonyl (C=O) groups is 2. The van der Waals surface area contributed by atoms with Gasteiger partial charge in [0, 0.05) is 10.6 Å². The van der Waals surface area contributed by atoms with Crippen molar-refractivity contribution < 1.29 is 23.1 Å². The summed E-state index contributed by atoms with van der Waals surface area (Å²) in [5.74, 6) is -2.25. The van der Waals surface area contributed by atoms with Crippen molar-refractivity contribution in [2.75, 3.05) is 7.11 Å². The van der Waals surface area contributed by atoms with Gasteiger partial charge in [-0.15, -0.1) is 0 Å². The first-order valence-electron chi connectivity index (χ1n) is 7.68. The standard InChI is InChI=1S/C18H15ClF2N2O3/c1-18(11-3-5-13(20)14(21)8-11)16(24)23(17(25)22-18)9-10-7-12(19)4-6-15(10)26-2/h3-8H,9H2,1-2H3,(H,22,25). The number of rotatable bonds is 4. The maximum absolute atomic E-state index is 13.6. The van der Waals surface area contributed by atoms with Crippen molar-refractivity contribution >= 4 is 23.5 Å². The summed E-state index contributed by atoms with van der Waals surface area (Å²) in [4.78, 5) is 26.2. The van der Waals surface area contributed by atoms with Gasteiger partial charge in [-0.1, -0.05) is 17.7 Å². The zero-order valence-corrected chi connectivity index (χ0v) is 14.7. The molecule has 26 heavy (non-hydrogen) atoms. The molecule has 8 heteroatoms. The minimum absolute atomic E-state index is 0.0757. The topological polar surface area (TPSA) is 58.6 Å². The number of urea groups is 1. The van der Waals surface area contributed by atoms with Crippen LogP contribution in [0.15, 0.2) is 36.4 Å². The number of ether oxygens (including phenoxy) is 1. The zero-order chi connectivity index (χ0) is 19.1. The van der Waals surface area contributed by atoms with Crippen LogP contribution in [0, 0.1) is 11.6 Å². The molecule has 1 aliphatic rings. The van der Waals surface area contributed by atoms with Crippen LogP contribution in [-0.4, -0.2) is 23.9 Å². The molecule has 1 heterocycles. The molecule has 1 unspecified atom stereocenters. The van der Waals surface area contributed by atoms with Gasteiger partial charge in [0.25, 0.3) is 5.91 Å². The number of carbonyl (C=O) groups excluding carboxylic acids is 2. The number of hydrogen-bond donors (Lipinski definition) is 1. The Morgan fingerprint density at radius 3 is 2.54 bits per heavy atom. The minimum Gasteiger partial charge on any atom is -0.496 e. The maximum Gasteiger partial charge on any atom is 0.325 e. The molecule has 0 bridgehead atoms. The maximum atomic E-state index is 13.6. The first-order chi connectivity index (χ1) is 12.3. The second kappa shape index (κ2) is 6.57. The predicted molar refractivity (Wildman–Crippen MR) is 90.8 cm³/mol. The third-order valence-corrected chi connectivity index (χ3v) is 4.58. The summed E-state index contributed by atoms with van der Waals surface area (Å²) in [5.41, 5.74) is -0.814. The third kappa shape index (κ3) is 2.99. The Kier molecular flexibility index (Phi) is 4.58. The van der Waals surface area contributed by atoms with Crippen LogP contribution in [0.4, 0.5) is 13.6 Å². The van der Waals surface area contributed by atoms with Crippen LogP contribution in [0.1, 0.15) is 18.1 Å². The van der Waals surface area contributed by atoms with Gasteiger partial charge in [0.2, 0.25) is 0 Å². The highest BCUT2D eigenvalue weighted by atomic mass is 35.5. The lowest BCUT2D eigenvalue weighted by Crippen LogP contribution is -2.41. The highest BCUT2D eigenvalue weighted by Gasteiger charge is 2.49. The average molecular weight is 381 g/mol. The Morgan fingerprint density at radius 1 is 1.15 bits per heavy atom. The number of hydrogen-bond acceptors (Lipinski definition) is 3. The van der Waals surface area contributed by atoms with Crippen molar-refractivity contribution in [2.24, 2.45) is 0 Å². The quantitative estimate of drug-likeness (QED) is 0.824. The van der Waals surface area contributed by atoms with E-state index < -0.39 is 29.1 Å². The molecule has 3 rings (SSSR count). The van der Waals surface area contributed by atoms with Crippen LogP contribution in [0.25, 0.3) is 0 Å². The fourth-order valence-corrected chi connectivity index (χ4v) is 3.08. The van der Waals surface area contributed by atoms with E-state index in [1.54, 1.807) is 18.2 Å². The van der Waals surface area contributed by atoms with Crippen LogP contribution in [0.5, 0.6) is 5.75 Å². The Balaban J connectivity index is 1.94. The molecule has 3 amide bonds. The molecule has 0 aliphatic carbocycles. The molecule has 1 aliphatic heterocycles. The Labute approximate surface area is 153 Å². The molecule has 2 aromatic rings. The first kappa shape index (κ1) is 18.1. The van der Waals surface area contributed by atoms with Crippen molar-refractivity contribution in [3.05, 3.63) is 64.2 Å². The molecule has 0 saturated carbocycles. The summed E-state index contributed by atoms with van der Waals surface area (Å²) in [6.07, 6.45) is 0. The van der Waals surface area contributed by atoms with Crippen molar-refractivity contribution in [1.29, 1.82) is 0 Å². The largest absolute Gasteiger partial charge is 0.496 e. The van der Waals surface area contributed by atoms with Crippen molar-refractivity contribution in [2.45, 2.75) is 19.0 Å². The summed E-state index contributed by atoms with van der Waals surface area (Å²) in [7, 11) is 1.46. The third-order valence-electron chi connectivity index (χ3n) is 4.34. The minimum atomic E-state index is -1.50. The van der Waals surface area contributed by atoms with Gasteiger partial charge in [-0.25, -0.2) is 13.6 Å². The van der Waals surface area contributed by atoms with E-state index in [0.717, 1.165) is 17.0 Å². The van der Waals surface area contributed by atoms with Crippen LogP contribution in [0.3, 0.4) is 0 Å². The number of benzene rings is 2. The van der Waals surface area contributed by atoms with E-state index >= 15 is 0 Å². The van der Waals surface area contributed by atoms with E-state index in [0.29, 0.717) is 16.3 Å².